The standard InChI is InChI=1S/C15H22F3N3O3/c1-13(2)8-21(9-14(3,24-13)15(16,17)18)12(22)10-6-20(4)19-11(10)7-23-5/h6H,7-9H2,1-5H3. The molecule has 1 aliphatic rings. The molecule has 0 N–H and O–H groups in total. The van der Waals surface area contributed by atoms with E-state index >= 15 is 0 Å². The maximum atomic E-state index is 13.4. The minimum atomic E-state index is -4.59. The van der Waals surface area contributed by atoms with Crippen LogP contribution in [0.1, 0.15) is 36.8 Å². The summed E-state index contributed by atoms with van der Waals surface area (Å²) in [7, 11) is 3.10. The van der Waals surface area contributed by atoms with Crippen molar-refractivity contribution in [1.82, 2.24) is 14.7 Å². The Labute approximate surface area is 138 Å². The number of ether oxygens (including phenoxy) is 2. The summed E-state index contributed by atoms with van der Waals surface area (Å²) in [5.74, 6) is -0.512. The first-order chi connectivity index (χ1) is 10.9. The number of hydrogen-bond donors (Lipinski definition) is 0. The Balaban J connectivity index is 2.35. The number of carbonyl (C=O) groups excluding carboxylic acids is 1. The molecule has 6 nitrogen and oxygen atoms in total. The highest BCUT2D eigenvalue weighted by Gasteiger charge is 2.58. The number of hydrogen-bond acceptors (Lipinski definition) is 4. The van der Waals surface area contributed by atoms with E-state index in [1.807, 2.05) is 0 Å². The number of nitrogens with zero attached hydrogens (tertiary/aromatic N) is 3. The lowest BCUT2D eigenvalue weighted by atomic mass is 9.96. The van der Waals surface area contributed by atoms with E-state index in [0.29, 0.717) is 5.69 Å². The van der Waals surface area contributed by atoms with Crippen LogP contribution in [0.5, 0.6) is 0 Å². The summed E-state index contributed by atoms with van der Waals surface area (Å²) < 4.78 is 51.9. The van der Waals surface area contributed by atoms with Gasteiger partial charge in [0.1, 0.15) is 5.69 Å². The lowest BCUT2D eigenvalue weighted by molar-refractivity contribution is -0.318. The van der Waals surface area contributed by atoms with Crippen molar-refractivity contribution in [2.24, 2.45) is 7.05 Å². The Bertz CT molecular complexity index is 627. The van der Waals surface area contributed by atoms with E-state index in [1.165, 1.54) is 36.7 Å². The normalized spacial score (nSPS) is 24.2. The fourth-order valence-corrected chi connectivity index (χ4v) is 2.97. The van der Waals surface area contributed by atoms with Crippen LogP contribution in [0.2, 0.25) is 0 Å². The molecule has 0 saturated carbocycles. The van der Waals surface area contributed by atoms with Crippen molar-refractivity contribution in [3.05, 3.63) is 17.5 Å². The zero-order valence-corrected chi connectivity index (χ0v) is 14.4. The predicted molar refractivity (Wildman–Crippen MR) is 79.4 cm³/mol. The lowest BCUT2D eigenvalue weighted by Crippen LogP contribution is -2.65. The van der Waals surface area contributed by atoms with Gasteiger partial charge < -0.3 is 14.4 Å². The highest BCUT2D eigenvalue weighted by atomic mass is 19.4. The third-order valence-corrected chi connectivity index (χ3v) is 3.87. The summed E-state index contributed by atoms with van der Waals surface area (Å²) in [4.78, 5) is 14.0. The maximum Gasteiger partial charge on any atom is 0.418 e. The lowest BCUT2D eigenvalue weighted by Gasteiger charge is -2.48. The number of rotatable bonds is 3. The molecule has 1 amide bonds. The number of halogens is 3. The number of aryl methyl sites for hydroxylation is 1. The summed E-state index contributed by atoms with van der Waals surface area (Å²) in [6.45, 7) is 3.63. The molecule has 0 radical (unpaired) electrons. The fourth-order valence-electron chi connectivity index (χ4n) is 2.97. The van der Waals surface area contributed by atoms with Gasteiger partial charge in [0.05, 0.1) is 24.3 Å². The molecule has 136 valence electrons. The van der Waals surface area contributed by atoms with E-state index in [-0.39, 0.29) is 18.7 Å². The van der Waals surface area contributed by atoms with Gasteiger partial charge >= 0.3 is 6.18 Å². The van der Waals surface area contributed by atoms with Crippen molar-refractivity contribution in [2.75, 3.05) is 20.2 Å². The SMILES string of the molecule is COCc1nn(C)cc1C(=O)N1CC(C)(C)OC(C)(C(F)(F)F)C1. The molecule has 1 unspecified atom stereocenters. The van der Waals surface area contributed by atoms with Crippen LogP contribution in [0.25, 0.3) is 0 Å². The largest absolute Gasteiger partial charge is 0.418 e. The Morgan fingerprint density at radius 1 is 1.38 bits per heavy atom. The summed E-state index contributed by atoms with van der Waals surface area (Å²) >= 11 is 0. The molecular weight excluding hydrogens is 327 g/mol. The molecule has 1 fully saturated rings. The van der Waals surface area contributed by atoms with E-state index in [9.17, 15) is 18.0 Å². The van der Waals surface area contributed by atoms with Gasteiger partial charge in [0, 0.05) is 26.9 Å². The van der Waals surface area contributed by atoms with Gasteiger partial charge in [-0.1, -0.05) is 0 Å². The van der Waals surface area contributed by atoms with Gasteiger partial charge in [-0.05, 0) is 20.8 Å². The average molecular weight is 349 g/mol. The van der Waals surface area contributed by atoms with Crippen molar-refractivity contribution in [1.29, 1.82) is 0 Å². The molecule has 1 aliphatic heterocycles. The Hall–Kier alpha value is -1.61. The van der Waals surface area contributed by atoms with Crippen molar-refractivity contribution >= 4 is 5.91 Å². The molecule has 24 heavy (non-hydrogen) atoms. The Kier molecular flexibility index (Phi) is 4.71. The van der Waals surface area contributed by atoms with Crippen molar-refractivity contribution < 1.29 is 27.4 Å². The second-order valence-corrected chi connectivity index (χ2v) is 6.85. The topological polar surface area (TPSA) is 56.6 Å². The van der Waals surface area contributed by atoms with Gasteiger partial charge in [-0.25, -0.2) is 0 Å². The van der Waals surface area contributed by atoms with Crippen LogP contribution in [-0.4, -0.2) is 58.2 Å². The van der Waals surface area contributed by atoms with Crippen LogP contribution in [0, 0.1) is 0 Å². The predicted octanol–water partition coefficient (Wildman–Crippen LogP) is 2.14. The van der Waals surface area contributed by atoms with Gasteiger partial charge in [-0.3, -0.25) is 9.48 Å². The van der Waals surface area contributed by atoms with Crippen LogP contribution in [0.3, 0.4) is 0 Å². The molecule has 1 aromatic heterocycles. The first-order valence-electron chi connectivity index (χ1n) is 7.46. The van der Waals surface area contributed by atoms with E-state index < -0.39 is 29.8 Å². The van der Waals surface area contributed by atoms with Crippen LogP contribution in [-0.2, 0) is 23.1 Å². The van der Waals surface area contributed by atoms with Crippen molar-refractivity contribution in [2.45, 2.75) is 44.8 Å². The minimum Gasteiger partial charge on any atom is -0.378 e. The zero-order chi connectivity index (χ0) is 18.3. The number of carbonyl (C=O) groups is 1. The van der Waals surface area contributed by atoms with Crippen LogP contribution < -0.4 is 0 Å². The highest BCUT2D eigenvalue weighted by Crippen LogP contribution is 2.40. The Morgan fingerprint density at radius 2 is 2.00 bits per heavy atom. The first-order valence-corrected chi connectivity index (χ1v) is 7.46. The minimum absolute atomic E-state index is 0.0544. The summed E-state index contributed by atoms with van der Waals surface area (Å²) in [5, 5.41) is 4.13. The second-order valence-electron chi connectivity index (χ2n) is 6.85. The molecular formula is C15H22F3N3O3. The van der Waals surface area contributed by atoms with Gasteiger partial charge in [0.25, 0.3) is 5.91 Å². The van der Waals surface area contributed by atoms with Crippen LogP contribution >= 0.6 is 0 Å². The molecule has 1 atom stereocenters. The molecule has 9 heteroatoms. The third-order valence-electron chi connectivity index (χ3n) is 3.87. The third kappa shape index (κ3) is 3.56. The molecule has 2 rings (SSSR count). The average Bonchev–Trinajstić information content (AvgIpc) is 2.76. The van der Waals surface area contributed by atoms with Gasteiger partial charge in [0.15, 0.2) is 5.60 Å². The molecule has 1 saturated heterocycles. The zero-order valence-electron chi connectivity index (χ0n) is 14.4. The molecule has 0 aromatic carbocycles. The van der Waals surface area contributed by atoms with E-state index in [2.05, 4.69) is 5.10 Å². The number of alkyl halides is 3. The first kappa shape index (κ1) is 18.7. The molecule has 0 spiro atoms. The van der Waals surface area contributed by atoms with Gasteiger partial charge in [0.2, 0.25) is 0 Å². The highest BCUT2D eigenvalue weighted by molar-refractivity contribution is 5.95. The second kappa shape index (κ2) is 6.03. The van der Waals surface area contributed by atoms with E-state index in [4.69, 9.17) is 9.47 Å². The summed E-state index contributed by atoms with van der Waals surface area (Å²) in [5.41, 5.74) is -2.92. The smallest absolute Gasteiger partial charge is 0.378 e. The monoisotopic (exact) mass is 349 g/mol. The van der Waals surface area contributed by atoms with E-state index in [1.54, 1.807) is 7.05 Å². The molecule has 2 heterocycles. The molecule has 1 aromatic rings. The number of aromatic nitrogens is 2. The van der Waals surface area contributed by atoms with Crippen LogP contribution in [0.15, 0.2) is 6.20 Å². The maximum absolute atomic E-state index is 13.4. The van der Waals surface area contributed by atoms with Gasteiger partial charge in [-0.15, -0.1) is 0 Å². The summed E-state index contributed by atoms with van der Waals surface area (Å²) in [6, 6.07) is 0. The molecule has 0 bridgehead atoms. The molecule has 0 aliphatic carbocycles. The Morgan fingerprint density at radius 3 is 2.54 bits per heavy atom. The number of morpholine rings is 1. The quantitative estimate of drug-likeness (QED) is 0.839. The van der Waals surface area contributed by atoms with Crippen LogP contribution in [0.4, 0.5) is 13.2 Å². The van der Waals surface area contributed by atoms with Crippen molar-refractivity contribution in [3.63, 3.8) is 0 Å². The number of amides is 1. The van der Waals surface area contributed by atoms with E-state index in [0.717, 1.165) is 6.92 Å². The van der Waals surface area contributed by atoms with Crippen molar-refractivity contribution in [3.8, 4) is 0 Å². The fraction of sp³-hybridized carbons (Fsp3) is 0.733. The summed E-state index contributed by atoms with van der Waals surface area (Å²) in [6.07, 6.45) is -3.10. The van der Waals surface area contributed by atoms with Gasteiger partial charge in [-0.2, -0.15) is 18.3 Å². The number of methoxy groups -OCH3 is 1.